The average molecular weight is 328 g/mol. The first kappa shape index (κ1) is 15.6. The van der Waals surface area contributed by atoms with Crippen LogP contribution in [-0.4, -0.2) is 10.8 Å². The molecule has 0 aliphatic heterocycles. The van der Waals surface area contributed by atoms with E-state index in [2.05, 4.69) is 19.2 Å². The fourth-order valence-electron chi connectivity index (χ4n) is 6.63. The number of nitrogens with one attached hydrogen (secondary N) is 1. The number of amides is 1. The van der Waals surface area contributed by atoms with E-state index in [0.29, 0.717) is 22.4 Å². The minimum absolute atomic E-state index is 0.0443. The van der Waals surface area contributed by atoms with Crippen molar-refractivity contribution in [1.29, 1.82) is 0 Å². The number of non-ortho nitro benzene ring substituents is 1. The van der Waals surface area contributed by atoms with Gasteiger partial charge < -0.3 is 5.32 Å². The van der Waals surface area contributed by atoms with Crippen LogP contribution in [0, 0.1) is 32.3 Å². The molecule has 1 aromatic carbocycles. The number of carbonyl (C=O) groups is 1. The molecule has 1 amide bonds. The highest BCUT2D eigenvalue weighted by atomic mass is 16.6. The van der Waals surface area contributed by atoms with Crippen molar-refractivity contribution in [2.45, 2.75) is 52.4 Å². The molecule has 2 atom stereocenters. The minimum Gasteiger partial charge on any atom is -0.326 e. The molecule has 4 saturated carbocycles. The molecule has 5 heteroatoms. The smallest absolute Gasteiger partial charge is 0.269 e. The molecule has 0 aromatic heterocycles. The zero-order chi connectivity index (χ0) is 17.2. The van der Waals surface area contributed by atoms with Crippen molar-refractivity contribution >= 4 is 17.3 Å². The monoisotopic (exact) mass is 328 g/mol. The summed E-state index contributed by atoms with van der Waals surface area (Å²) in [5.41, 5.74) is 1.02. The molecule has 1 N–H and O–H groups in total. The highest BCUT2D eigenvalue weighted by molar-refractivity contribution is 5.95. The first-order chi connectivity index (χ1) is 11.2. The Labute approximate surface area is 142 Å². The van der Waals surface area contributed by atoms with Gasteiger partial charge in [-0.15, -0.1) is 0 Å². The maximum absolute atomic E-state index is 13.1. The van der Waals surface area contributed by atoms with E-state index in [1.165, 1.54) is 31.4 Å². The molecule has 0 heterocycles. The molecule has 5 nitrogen and oxygen atoms in total. The maximum atomic E-state index is 13.1. The van der Waals surface area contributed by atoms with Gasteiger partial charge in [-0.25, -0.2) is 0 Å². The van der Waals surface area contributed by atoms with E-state index in [1.807, 2.05) is 0 Å². The van der Waals surface area contributed by atoms with Gasteiger partial charge in [0.1, 0.15) is 0 Å². The van der Waals surface area contributed by atoms with Crippen molar-refractivity contribution in [3.8, 4) is 0 Å². The number of anilines is 1. The molecule has 0 radical (unpaired) electrons. The van der Waals surface area contributed by atoms with Gasteiger partial charge >= 0.3 is 0 Å². The van der Waals surface area contributed by atoms with E-state index in [-0.39, 0.29) is 17.0 Å². The molecule has 1 aromatic rings. The highest BCUT2D eigenvalue weighted by Gasteiger charge is 2.62. The number of hydrogen-bond acceptors (Lipinski definition) is 3. The fraction of sp³-hybridized carbons (Fsp3) is 0.632. The quantitative estimate of drug-likeness (QED) is 0.654. The van der Waals surface area contributed by atoms with E-state index in [4.69, 9.17) is 0 Å². The second-order valence-corrected chi connectivity index (χ2v) is 9.17. The Morgan fingerprint density at radius 1 is 1.08 bits per heavy atom. The van der Waals surface area contributed by atoms with Crippen LogP contribution in [0.5, 0.6) is 0 Å². The Balaban J connectivity index is 1.57. The van der Waals surface area contributed by atoms with Crippen LogP contribution in [0.15, 0.2) is 24.3 Å². The van der Waals surface area contributed by atoms with E-state index in [0.717, 1.165) is 19.3 Å². The summed E-state index contributed by atoms with van der Waals surface area (Å²) < 4.78 is 0. The predicted octanol–water partition coefficient (Wildman–Crippen LogP) is 4.53. The summed E-state index contributed by atoms with van der Waals surface area (Å²) in [5.74, 6) is 0.775. The van der Waals surface area contributed by atoms with E-state index in [9.17, 15) is 14.9 Å². The first-order valence-electron chi connectivity index (χ1n) is 8.77. The SMILES string of the molecule is C[C@@]12CC3CC(C(=O)Nc4ccc([N+](=O)[O-])cc4)(C1)C[C@@](C)(C3)C2. The number of hydrogen-bond donors (Lipinski definition) is 1. The van der Waals surface area contributed by atoms with Crippen molar-refractivity contribution in [1.82, 2.24) is 0 Å². The molecule has 4 aliphatic rings. The molecule has 5 rings (SSSR count). The number of rotatable bonds is 3. The largest absolute Gasteiger partial charge is 0.326 e. The van der Waals surface area contributed by atoms with Crippen LogP contribution in [0.4, 0.5) is 11.4 Å². The van der Waals surface area contributed by atoms with E-state index in [1.54, 1.807) is 12.1 Å². The topological polar surface area (TPSA) is 72.2 Å². The number of nitro benzene ring substituents is 1. The third kappa shape index (κ3) is 2.41. The van der Waals surface area contributed by atoms with Gasteiger partial charge in [-0.2, -0.15) is 0 Å². The number of carbonyl (C=O) groups excluding carboxylic acids is 1. The lowest BCUT2D eigenvalue weighted by molar-refractivity contribution is -0.384. The van der Waals surface area contributed by atoms with Crippen LogP contribution < -0.4 is 5.32 Å². The summed E-state index contributed by atoms with van der Waals surface area (Å²) in [5, 5.41) is 13.8. The summed E-state index contributed by atoms with van der Waals surface area (Å²) in [6.07, 6.45) is 6.71. The van der Waals surface area contributed by atoms with Gasteiger partial charge in [0.25, 0.3) is 5.69 Å². The Bertz CT molecular complexity index is 694. The Kier molecular flexibility index (Phi) is 3.12. The summed E-state index contributed by atoms with van der Waals surface area (Å²) in [7, 11) is 0. The fourth-order valence-corrected chi connectivity index (χ4v) is 6.63. The normalized spacial score (nSPS) is 39.7. The third-order valence-corrected chi connectivity index (χ3v) is 6.44. The summed E-state index contributed by atoms with van der Waals surface area (Å²) in [6.45, 7) is 4.70. The molecular formula is C19H24N2O3. The van der Waals surface area contributed by atoms with Crippen LogP contribution in [0.25, 0.3) is 0 Å². The Hall–Kier alpha value is -1.91. The van der Waals surface area contributed by atoms with Crippen molar-refractivity contribution in [2.75, 3.05) is 5.32 Å². The van der Waals surface area contributed by atoms with Crippen molar-refractivity contribution in [3.05, 3.63) is 34.4 Å². The number of nitro groups is 1. The van der Waals surface area contributed by atoms with Crippen LogP contribution in [0.1, 0.15) is 52.4 Å². The maximum Gasteiger partial charge on any atom is 0.269 e. The van der Waals surface area contributed by atoms with Crippen LogP contribution in [0.3, 0.4) is 0 Å². The molecule has 4 aliphatic carbocycles. The van der Waals surface area contributed by atoms with Gasteiger partial charge in [0.2, 0.25) is 5.91 Å². The molecule has 4 fully saturated rings. The number of nitrogens with zero attached hydrogens (tertiary/aromatic N) is 1. The number of benzene rings is 1. The van der Waals surface area contributed by atoms with Gasteiger partial charge in [-0.3, -0.25) is 14.9 Å². The Morgan fingerprint density at radius 2 is 1.67 bits per heavy atom. The molecule has 0 unspecified atom stereocenters. The lowest BCUT2D eigenvalue weighted by Crippen LogP contribution is -2.58. The summed E-state index contributed by atoms with van der Waals surface area (Å²) in [6, 6.07) is 6.13. The van der Waals surface area contributed by atoms with Gasteiger partial charge in [0.15, 0.2) is 0 Å². The predicted molar refractivity (Wildman–Crippen MR) is 91.6 cm³/mol. The molecular weight excluding hydrogens is 304 g/mol. The molecule has 0 saturated heterocycles. The zero-order valence-electron chi connectivity index (χ0n) is 14.3. The minimum atomic E-state index is -0.424. The van der Waals surface area contributed by atoms with Crippen molar-refractivity contribution in [3.63, 3.8) is 0 Å². The van der Waals surface area contributed by atoms with Crippen LogP contribution in [-0.2, 0) is 4.79 Å². The van der Waals surface area contributed by atoms with E-state index >= 15 is 0 Å². The van der Waals surface area contributed by atoms with E-state index < -0.39 is 4.92 Å². The summed E-state index contributed by atoms with van der Waals surface area (Å²) in [4.78, 5) is 23.5. The van der Waals surface area contributed by atoms with Crippen LogP contribution in [0.2, 0.25) is 0 Å². The Morgan fingerprint density at radius 3 is 2.17 bits per heavy atom. The standard InChI is InChI=1S/C19H24N2O3/c1-17-7-13-8-18(2,10-17)12-19(9-13,11-17)16(22)20-14-3-5-15(6-4-14)21(23)24/h3-6,13H,7-12H2,1-2H3,(H,20,22)/t13?,17-,18-,19?/m0/s1. The molecule has 24 heavy (non-hydrogen) atoms. The van der Waals surface area contributed by atoms with Gasteiger partial charge in [0, 0.05) is 17.8 Å². The zero-order valence-corrected chi connectivity index (χ0v) is 14.3. The second kappa shape index (κ2) is 4.80. The molecule has 128 valence electrons. The molecule has 4 bridgehead atoms. The molecule has 0 spiro atoms. The van der Waals surface area contributed by atoms with Gasteiger partial charge in [0.05, 0.1) is 10.3 Å². The average Bonchev–Trinajstić information content (AvgIpc) is 2.43. The first-order valence-corrected chi connectivity index (χ1v) is 8.77. The van der Waals surface area contributed by atoms with Crippen molar-refractivity contribution < 1.29 is 9.72 Å². The van der Waals surface area contributed by atoms with Crippen molar-refractivity contribution in [2.24, 2.45) is 22.2 Å². The van der Waals surface area contributed by atoms with Gasteiger partial charge in [-0.05, 0) is 67.4 Å². The lowest BCUT2D eigenvalue weighted by Gasteiger charge is -2.64. The third-order valence-electron chi connectivity index (χ3n) is 6.44. The second-order valence-electron chi connectivity index (χ2n) is 9.17. The van der Waals surface area contributed by atoms with Gasteiger partial charge in [-0.1, -0.05) is 13.8 Å². The lowest BCUT2D eigenvalue weighted by atomic mass is 9.40. The van der Waals surface area contributed by atoms with Crippen LogP contribution >= 0.6 is 0 Å². The highest BCUT2D eigenvalue weighted by Crippen LogP contribution is 2.69. The summed E-state index contributed by atoms with van der Waals surface area (Å²) >= 11 is 0.